The molecule has 0 unspecified atom stereocenters. The normalized spacial score (nSPS) is 16.7. The van der Waals surface area contributed by atoms with E-state index in [1.165, 1.54) is 0 Å². The molecule has 0 saturated carbocycles. The third kappa shape index (κ3) is 4.06. The number of hydrogen-bond donors (Lipinski definition) is 2. The minimum Gasteiger partial charge on any atom is -0.457 e. The molecule has 0 saturated heterocycles. The molecule has 5 nitrogen and oxygen atoms in total. The Hall–Kier alpha value is -2.79. The third-order valence-corrected chi connectivity index (χ3v) is 4.43. The molecule has 2 aromatic carbocycles. The summed E-state index contributed by atoms with van der Waals surface area (Å²) < 4.78 is 5.47. The van der Waals surface area contributed by atoms with Gasteiger partial charge in [-0.05, 0) is 37.1 Å². The smallest absolute Gasteiger partial charge is 0.338 e. The third-order valence-electron chi connectivity index (χ3n) is 4.18. The monoisotopic (exact) mass is 370 g/mol. The second-order valence-corrected chi connectivity index (χ2v) is 6.62. The molecule has 0 fully saturated rings. The number of aryl methyl sites for hydroxylation is 1. The van der Waals surface area contributed by atoms with Crippen LogP contribution in [0.5, 0.6) is 0 Å². The molecule has 6 heteroatoms. The van der Waals surface area contributed by atoms with E-state index in [9.17, 15) is 9.59 Å². The van der Waals surface area contributed by atoms with Gasteiger partial charge in [0, 0.05) is 10.7 Å². The van der Waals surface area contributed by atoms with E-state index in [4.69, 9.17) is 16.3 Å². The maximum Gasteiger partial charge on any atom is 0.338 e. The highest BCUT2D eigenvalue weighted by molar-refractivity contribution is 6.30. The molecule has 134 valence electrons. The largest absolute Gasteiger partial charge is 0.457 e. The highest BCUT2D eigenvalue weighted by Gasteiger charge is 2.32. The minimum atomic E-state index is -0.591. The van der Waals surface area contributed by atoms with Crippen molar-refractivity contribution in [2.24, 2.45) is 0 Å². The summed E-state index contributed by atoms with van der Waals surface area (Å²) in [5.41, 5.74) is 3.64. The van der Waals surface area contributed by atoms with E-state index < -0.39 is 12.0 Å². The van der Waals surface area contributed by atoms with Crippen molar-refractivity contribution in [3.05, 3.63) is 81.5 Å². The van der Waals surface area contributed by atoms with E-state index in [1.807, 2.05) is 31.2 Å². The lowest BCUT2D eigenvalue weighted by molar-refractivity contribution is -0.140. The second-order valence-electron chi connectivity index (χ2n) is 6.18. The molecule has 2 aromatic rings. The number of benzene rings is 2. The highest BCUT2D eigenvalue weighted by atomic mass is 35.5. The molecule has 1 heterocycles. The summed E-state index contributed by atoms with van der Waals surface area (Å²) in [6.07, 6.45) is 0. The van der Waals surface area contributed by atoms with Gasteiger partial charge in [0.15, 0.2) is 0 Å². The summed E-state index contributed by atoms with van der Waals surface area (Å²) >= 11 is 5.93. The number of hydrogen-bond acceptors (Lipinski definition) is 3. The van der Waals surface area contributed by atoms with Crippen molar-refractivity contribution in [1.82, 2.24) is 10.6 Å². The molecule has 0 aromatic heterocycles. The first-order valence-electron chi connectivity index (χ1n) is 8.20. The predicted octanol–water partition coefficient (Wildman–Crippen LogP) is 4.02. The van der Waals surface area contributed by atoms with Crippen LogP contribution in [0.3, 0.4) is 0 Å². The Morgan fingerprint density at radius 1 is 1.08 bits per heavy atom. The van der Waals surface area contributed by atoms with Crippen LogP contribution in [0, 0.1) is 6.92 Å². The Kier molecular flexibility index (Phi) is 5.28. The summed E-state index contributed by atoms with van der Waals surface area (Å²) in [5.74, 6) is -0.476. The fourth-order valence-electron chi connectivity index (χ4n) is 2.78. The fraction of sp³-hybridized carbons (Fsp3) is 0.200. The summed E-state index contributed by atoms with van der Waals surface area (Å²) in [7, 11) is 0. The highest BCUT2D eigenvalue weighted by Crippen LogP contribution is 2.28. The Balaban J connectivity index is 1.82. The van der Waals surface area contributed by atoms with Gasteiger partial charge in [-0.1, -0.05) is 53.6 Å². The molecule has 0 bridgehead atoms. The molecule has 1 atom stereocenters. The number of nitrogens with one attached hydrogen (secondary N) is 2. The molecule has 0 spiro atoms. The molecule has 2 N–H and O–H groups in total. The maximum absolute atomic E-state index is 12.7. The van der Waals surface area contributed by atoms with Crippen molar-refractivity contribution in [2.45, 2.75) is 26.5 Å². The minimum absolute atomic E-state index is 0.164. The molecule has 0 aliphatic carbocycles. The molecule has 3 rings (SSSR count). The Labute approximate surface area is 157 Å². The summed E-state index contributed by atoms with van der Waals surface area (Å²) in [4.78, 5) is 24.6. The number of carbonyl (C=O) groups excluding carboxylic acids is 2. The van der Waals surface area contributed by atoms with Gasteiger partial charge in [-0.3, -0.25) is 0 Å². The van der Waals surface area contributed by atoms with Gasteiger partial charge in [0.25, 0.3) is 0 Å². The Bertz CT molecular complexity index is 858. The van der Waals surface area contributed by atoms with Crippen LogP contribution in [0.2, 0.25) is 5.02 Å². The molecule has 26 heavy (non-hydrogen) atoms. The number of rotatable bonds is 4. The number of amides is 2. The van der Waals surface area contributed by atoms with Gasteiger partial charge in [0.05, 0.1) is 11.6 Å². The van der Waals surface area contributed by atoms with Crippen molar-refractivity contribution < 1.29 is 14.3 Å². The van der Waals surface area contributed by atoms with Crippen LogP contribution in [-0.2, 0) is 16.1 Å². The van der Waals surface area contributed by atoms with Crippen molar-refractivity contribution in [3.8, 4) is 0 Å². The van der Waals surface area contributed by atoms with Crippen LogP contribution in [0.4, 0.5) is 4.79 Å². The van der Waals surface area contributed by atoms with E-state index >= 15 is 0 Å². The average Bonchev–Trinajstić information content (AvgIpc) is 2.61. The summed E-state index contributed by atoms with van der Waals surface area (Å²) in [6, 6.07) is 13.8. The van der Waals surface area contributed by atoms with Crippen molar-refractivity contribution in [3.63, 3.8) is 0 Å². The number of esters is 1. The van der Waals surface area contributed by atoms with Gasteiger partial charge in [-0.2, -0.15) is 0 Å². The molecule has 0 radical (unpaired) electrons. The number of urea groups is 1. The first kappa shape index (κ1) is 18.0. The fourth-order valence-corrected chi connectivity index (χ4v) is 2.91. The predicted molar refractivity (Wildman–Crippen MR) is 99.5 cm³/mol. The maximum atomic E-state index is 12.7. The Morgan fingerprint density at radius 3 is 2.38 bits per heavy atom. The number of carbonyl (C=O) groups is 2. The van der Waals surface area contributed by atoms with Gasteiger partial charge in [-0.25, -0.2) is 9.59 Å². The first-order valence-corrected chi connectivity index (χ1v) is 8.58. The average molecular weight is 371 g/mol. The lowest BCUT2D eigenvalue weighted by atomic mass is 9.95. The first-order chi connectivity index (χ1) is 12.4. The number of allylic oxidation sites excluding steroid dienone is 1. The van der Waals surface area contributed by atoms with Crippen LogP contribution in [0.25, 0.3) is 0 Å². The lowest BCUT2D eigenvalue weighted by Crippen LogP contribution is -2.45. The van der Waals surface area contributed by atoms with E-state index in [0.717, 1.165) is 16.7 Å². The van der Waals surface area contributed by atoms with Crippen LogP contribution < -0.4 is 10.6 Å². The Morgan fingerprint density at radius 2 is 1.73 bits per heavy atom. The summed E-state index contributed by atoms with van der Waals surface area (Å²) in [5, 5.41) is 5.98. The van der Waals surface area contributed by atoms with Crippen LogP contribution in [-0.4, -0.2) is 12.0 Å². The van der Waals surface area contributed by atoms with Crippen molar-refractivity contribution in [1.29, 1.82) is 0 Å². The van der Waals surface area contributed by atoms with E-state index in [0.29, 0.717) is 16.3 Å². The van der Waals surface area contributed by atoms with Gasteiger partial charge < -0.3 is 15.4 Å². The zero-order valence-corrected chi connectivity index (χ0v) is 15.3. The second kappa shape index (κ2) is 7.62. The topological polar surface area (TPSA) is 67.4 Å². The zero-order valence-electron chi connectivity index (χ0n) is 14.5. The van der Waals surface area contributed by atoms with Gasteiger partial charge in [-0.15, -0.1) is 0 Å². The molecule has 2 amide bonds. The number of halogens is 1. The van der Waals surface area contributed by atoms with Crippen LogP contribution in [0.1, 0.15) is 29.7 Å². The van der Waals surface area contributed by atoms with Crippen LogP contribution in [0.15, 0.2) is 59.8 Å². The van der Waals surface area contributed by atoms with Crippen molar-refractivity contribution in [2.75, 3.05) is 0 Å². The van der Waals surface area contributed by atoms with E-state index in [2.05, 4.69) is 10.6 Å². The quantitative estimate of drug-likeness (QED) is 0.799. The number of ether oxygens (including phenoxy) is 1. The van der Waals surface area contributed by atoms with Crippen molar-refractivity contribution >= 4 is 23.6 Å². The van der Waals surface area contributed by atoms with Gasteiger partial charge in [0.2, 0.25) is 0 Å². The zero-order chi connectivity index (χ0) is 18.7. The van der Waals surface area contributed by atoms with Crippen LogP contribution >= 0.6 is 11.6 Å². The van der Waals surface area contributed by atoms with E-state index in [-0.39, 0.29) is 12.6 Å². The standard InChI is InChI=1S/C20H19ClN2O3/c1-12-3-5-14(6-4-12)11-26-19(24)17-13(2)22-20(25)23-18(17)15-7-9-16(21)10-8-15/h3-10,18H,11H2,1-2H3,(H2,22,23,25)/t18-/m0/s1. The molecular formula is C20H19ClN2O3. The SMILES string of the molecule is CC1=C(C(=O)OCc2ccc(C)cc2)[C@H](c2ccc(Cl)cc2)NC(=O)N1. The molecule has 1 aliphatic heterocycles. The van der Waals surface area contributed by atoms with E-state index in [1.54, 1.807) is 31.2 Å². The lowest BCUT2D eigenvalue weighted by Gasteiger charge is -2.28. The van der Waals surface area contributed by atoms with Gasteiger partial charge >= 0.3 is 12.0 Å². The molecule has 1 aliphatic rings. The molecular weight excluding hydrogens is 352 g/mol. The summed E-state index contributed by atoms with van der Waals surface area (Å²) in [6.45, 7) is 3.85. The van der Waals surface area contributed by atoms with Gasteiger partial charge in [0.1, 0.15) is 6.61 Å².